The molecule has 8 heteroatoms. The van der Waals surface area contributed by atoms with Gasteiger partial charge in [-0.1, -0.05) is 36.4 Å². The molecule has 1 heterocycles. The summed E-state index contributed by atoms with van der Waals surface area (Å²) in [6.07, 6.45) is 0. The van der Waals surface area contributed by atoms with Gasteiger partial charge in [-0.2, -0.15) is 0 Å². The van der Waals surface area contributed by atoms with Crippen LogP contribution in [0.15, 0.2) is 72.8 Å². The number of nitro groups is 1. The van der Waals surface area contributed by atoms with E-state index >= 15 is 0 Å². The fourth-order valence-electron chi connectivity index (χ4n) is 3.24. The minimum atomic E-state index is -0.756. The molecule has 4 rings (SSSR count). The molecular formula is C22H14N2O6. The Hall–Kier alpha value is -4.33. The molecule has 0 bridgehead atoms. The highest BCUT2D eigenvalue weighted by atomic mass is 16.6. The van der Waals surface area contributed by atoms with Crippen molar-refractivity contribution in [2.75, 3.05) is 4.90 Å². The van der Waals surface area contributed by atoms with Crippen LogP contribution in [0, 0.1) is 10.1 Å². The van der Waals surface area contributed by atoms with Crippen LogP contribution >= 0.6 is 0 Å². The second kappa shape index (κ2) is 7.59. The third-order valence-electron chi connectivity index (χ3n) is 4.65. The van der Waals surface area contributed by atoms with Crippen LogP contribution < -0.4 is 4.90 Å². The maximum absolute atomic E-state index is 12.8. The monoisotopic (exact) mass is 402 g/mol. The molecule has 1 aliphatic heterocycles. The largest absolute Gasteiger partial charge is 0.457 e. The van der Waals surface area contributed by atoms with Gasteiger partial charge in [0, 0.05) is 12.1 Å². The third-order valence-corrected chi connectivity index (χ3v) is 4.65. The average molecular weight is 402 g/mol. The number of esters is 1. The number of nitrogens with zero attached hydrogens (tertiary/aromatic N) is 2. The molecule has 3 aromatic carbocycles. The lowest BCUT2D eigenvalue weighted by Gasteiger charge is -2.17. The normalized spacial score (nSPS) is 12.6. The van der Waals surface area contributed by atoms with E-state index in [1.54, 1.807) is 42.5 Å². The summed E-state index contributed by atoms with van der Waals surface area (Å²) < 4.78 is 5.29. The molecule has 0 spiro atoms. The topological polar surface area (TPSA) is 107 Å². The Morgan fingerprint density at radius 3 is 2.20 bits per heavy atom. The number of carbonyl (C=O) groups excluding carboxylic acids is 3. The zero-order valence-electron chi connectivity index (χ0n) is 15.5. The van der Waals surface area contributed by atoms with Gasteiger partial charge in [-0.15, -0.1) is 0 Å². The Bertz CT molecular complexity index is 1170. The van der Waals surface area contributed by atoms with Gasteiger partial charge >= 0.3 is 5.97 Å². The standard InChI is InChI=1S/C22H14N2O6/c25-20-16-8-1-2-9-17(16)21(26)23(20)19-11-4-3-10-18(19)22(27)30-13-14-6-5-7-15(12-14)24(28)29/h1-12H,13H2. The first kappa shape index (κ1) is 19.0. The quantitative estimate of drug-likeness (QED) is 0.278. The van der Waals surface area contributed by atoms with Crippen molar-refractivity contribution in [3.8, 4) is 0 Å². The van der Waals surface area contributed by atoms with Gasteiger partial charge in [0.15, 0.2) is 0 Å². The molecule has 3 aromatic rings. The Kier molecular flexibility index (Phi) is 4.81. The van der Waals surface area contributed by atoms with Gasteiger partial charge in [0.25, 0.3) is 17.5 Å². The number of hydrogen-bond acceptors (Lipinski definition) is 6. The highest BCUT2D eigenvalue weighted by Gasteiger charge is 2.38. The number of amides is 2. The highest BCUT2D eigenvalue weighted by molar-refractivity contribution is 6.35. The van der Waals surface area contributed by atoms with Gasteiger partial charge in [0.2, 0.25) is 0 Å². The zero-order chi connectivity index (χ0) is 21.3. The van der Waals surface area contributed by atoms with Crippen LogP contribution in [0.1, 0.15) is 36.6 Å². The number of imide groups is 1. The molecule has 0 N–H and O–H groups in total. The highest BCUT2D eigenvalue weighted by Crippen LogP contribution is 2.31. The predicted molar refractivity (Wildman–Crippen MR) is 106 cm³/mol. The van der Waals surface area contributed by atoms with Crippen molar-refractivity contribution in [1.29, 1.82) is 0 Å². The third kappa shape index (κ3) is 3.30. The Morgan fingerprint density at radius 1 is 0.900 bits per heavy atom. The minimum Gasteiger partial charge on any atom is -0.457 e. The first-order chi connectivity index (χ1) is 14.5. The van der Waals surface area contributed by atoms with Crippen LogP contribution in [0.2, 0.25) is 0 Å². The first-order valence-corrected chi connectivity index (χ1v) is 8.94. The van der Waals surface area contributed by atoms with Crippen molar-refractivity contribution < 1.29 is 24.0 Å². The number of anilines is 1. The summed E-state index contributed by atoms with van der Waals surface area (Å²) in [5.74, 6) is -1.79. The summed E-state index contributed by atoms with van der Waals surface area (Å²) >= 11 is 0. The minimum absolute atomic E-state index is 0.0393. The molecule has 2 amide bonds. The number of benzene rings is 3. The molecule has 0 aromatic heterocycles. The molecule has 30 heavy (non-hydrogen) atoms. The summed E-state index contributed by atoms with van der Waals surface area (Å²) in [4.78, 5) is 49.5. The molecule has 0 aliphatic carbocycles. The second-order valence-corrected chi connectivity index (χ2v) is 6.51. The molecule has 148 valence electrons. The maximum atomic E-state index is 12.8. The van der Waals surface area contributed by atoms with Crippen LogP contribution in [0.5, 0.6) is 0 Å². The molecule has 0 saturated carbocycles. The van der Waals surface area contributed by atoms with Crippen molar-refractivity contribution in [2.24, 2.45) is 0 Å². The van der Waals surface area contributed by atoms with E-state index in [0.29, 0.717) is 5.56 Å². The average Bonchev–Trinajstić information content (AvgIpc) is 3.02. The predicted octanol–water partition coefficient (Wildman–Crippen LogP) is 3.75. The molecule has 0 unspecified atom stereocenters. The number of rotatable bonds is 5. The van der Waals surface area contributed by atoms with E-state index < -0.39 is 22.7 Å². The van der Waals surface area contributed by atoms with Crippen molar-refractivity contribution in [1.82, 2.24) is 0 Å². The number of hydrogen-bond donors (Lipinski definition) is 0. The van der Waals surface area contributed by atoms with Crippen LogP contribution in [-0.2, 0) is 11.3 Å². The fraction of sp³-hybridized carbons (Fsp3) is 0.0455. The van der Waals surface area contributed by atoms with Gasteiger partial charge in [0.05, 0.1) is 27.3 Å². The van der Waals surface area contributed by atoms with Crippen LogP contribution in [0.4, 0.5) is 11.4 Å². The number of para-hydroxylation sites is 1. The van der Waals surface area contributed by atoms with E-state index in [4.69, 9.17) is 4.74 Å². The number of carbonyl (C=O) groups is 3. The Balaban J connectivity index is 1.59. The molecular weight excluding hydrogens is 388 g/mol. The van der Waals surface area contributed by atoms with E-state index in [9.17, 15) is 24.5 Å². The summed E-state index contributed by atoms with van der Waals surface area (Å²) in [6, 6.07) is 18.3. The van der Waals surface area contributed by atoms with Crippen molar-refractivity contribution in [2.45, 2.75) is 6.61 Å². The summed E-state index contributed by atoms with van der Waals surface area (Å²) in [7, 11) is 0. The van der Waals surface area contributed by atoms with E-state index in [-0.39, 0.29) is 34.7 Å². The van der Waals surface area contributed by atoms with Gasteiger partial charge in [-0.05, 0) is 29.8 Å². The zero-order valence-corrected chi connectivity index (χ0v) is 15.5. The van der Waals surface area contributed by atoms with Crippen molar-refractivity contribution >= 4 is 29.2 Å². The van der Waals surface area contributed by atoms with Gasteiger partial charge in [0.1, 0.15) is 6.61 Å². The van der Waals surface area contributed by atoms with Crippen molar-refractivity contribution in [3.63, 3.8) is 0 Å². The SMILES string of the molecule is O=C(OCc1cccc([N+](=O)[O-])c1)c1ccccc1N1C(=O)c2ccccc2C1=O. The molecule has 0 atom stereocenters. The number of nitro benzene ring substituents is 1. The van der Waals surface area contributed by atoms with Gasteiger partial charge in [-0.25, -0.2) is 9.69 Å². The fourth-order valence-corrected chi connectivity index (χ4v) is 3.24. The van der Waals surface area contributed by atoms with E-state index in [1.807, 2.05) is 0 Å². The van der Waals surface area contributed by atoms with Crippen LogP contribution in [-0.4, -0.2) is 22.7 Å². The molecule has 0 saturated heterocycles. The summed E-state index contributed by atoms with van der Waals surface area (Å²) in [6.45, 7) is -0.197. The van der Waals surface area contributed by atoms with Crippen LogP contribution in [0.3, 0.4) is 0 Å². The number of fused-ring (bicyclic) bond motifs is 1. The Morgan fingerprint density at radius 2 is 1.53 bits per heavy atom. The first-order valence-electron chi connectivity index (χ1n) is 8.94. The molecule has 0 radical (unpaired) electrons. The molecule has 0 fully saturated rings. The Labute approximate surface area is 170 Å². The summed E-state index contributed by atoms with van der Waals surface area (Å²) in [5, 5.41) is 10.9. The van der Waals surface area contributed by atoms with E-state index in [0.717, 1.165) is 4.90 Å². The summed E-state index contributed by atoms with van der Waals surface area (Å²) in [5.41, 5.74) is 1.01. The lowest BCUT2D eigenvalue weighted by Crippen LogP contribution is -2.31. The molecule has 8 nitrogen and oxygen atoms in total. The van der Waals surface area contributed by atoms with E-state index in [1.165, 1.54) is 30.3 Å². The number of non-ortho nitro benzene ring substituents is 1. The van der Waals surface area contributed by atoms with Gasteiger partial charge < -0.3 is 4.74 Å². The lowest BCUT2D eigenvalue weighted by molar-refractivity contribution is -0.384. The number of ether oxygens (including phenoxy) is 1. The van der Waals surface area contributed by atoms with Crippen LogP contribution in [0.25, 0.3) is 0 Å². The maximum Gasteiger partial charge on any atom is 0.340 e. The second-order valence-electron chi connectivity index (χ2n) is 6.51. The van der Waals surface area contributed by atoms with E-state index in [2.05, 4.69) is 0 Å². The molecule has 1 aliphatic rings. The smallest absolute Gasteiger partial charge is 0.340 e. The van der Waals surface area contributed by atoms with Gasteiger partial charge in [-0.3, -0.25) is 19.7 Å². The van der Waals surface area contributed by atoms with Crippen molar-refractivity contribution in [3.05, 3.63) is 105 Å². The lowest BCUT2D eigenvalue weighted by atomic mass is 10.1.